The summed E-state index contributed by atoms with van der Waals surface area (Å²) in [5.74, 6) is -4.79. The van der Waals surface area contributed by atoms with Crippen LogP contribution in [0.2, 0.25) is 19.6 Å². The van der Waals surface area contributed by atoms with Crippen LogP contribution in [-0.2, 0) is 5.92 Å². The molecule has 0 spiro atoms. The Morgan fingerprint density at radius 2 is 1.24 bits per heavy atom. The molecular formula is C11H13F5Si. The molecule has 17 heavy (non-hydrogen) atoms. The Bertz CT molecular complexity index is 386. The maximum atomic E-state index is 13.0. The summed E-state index contributed by atoms with van der Waals surface area (Å²) < 4.78 is 62.3. The van der Waals surface area contributed by atoms with E-state index in [9.17, 15) is 22.0 Å². The van der Waals surface area contributed by atoms with Crippen molar-refractivity contribution in [2.75, 3.05) is 0 Å². The zero-order valence-electron chi connectivity index (χ0n) is 9.70. The monoisotopic (exact) mass is 268 g/mol. The van der Waals surface area contributed by atoms with E-state index >= 15 is 0 Å². The van der Waals surface area contributed by atoms with Gasteiger partial charge in [-0.1, -0.05) is 49.1 Å². The molecule has 0 unspecified atom stereocenters. The van der Waals surface area contributed by atoms with Crippen molar-refractivity contribution in [2.24, 2.45) is 0 Å². The van der Waals surface area contributed by atoms with Crippen molar-refractivity contribution in [1.82, 2.24) is 0 Å². The molecule has 0 N–H and O–H groups in total. The van der Waals surface area contributed by atoms with E-state index in [0.29, 0.717) is 0 Å². The zero-order valence-corrected chi connectivity index (χ0v) is 10.7. The molecule has 1 aromatic carbocycles. The summed E-state index contributed by atoms with van der Waals surface area (Å²) >= 11 is 0. The van der Waals surface area contributed by atoms with Gasteiger partial charge in [0.25, 0.3) is 0 Å². The molecule has 1 rings (SSSR count). The zero-order chi connectivity index (χ0) is 13.5. The third-order valence-electron chi connectivity index (χ3n) is 2.47. The van der Waals surface area contributed by atoms with Crippen LogP contribution in [0.4, 0.5) is 22.0 Å². The topological polar surface area (TPSA) is 0 Å². The quantitative estimate of drug-likeness (QED) is 0.564. The fourth-order valence-corrected chi connectivity index (χ4v) is 2.51. The molecule has 1 aromatic rings. The van der Waals surface area contributed by atoms with Gasteiger partial charge in [0, 0.05) is 5.56 Å². The summed E-state index contributed by atoms with van der Waals surface area (Å²) in [6.45, 7) is 5.97. The van der Waals surface area contributed by atoms with Crippen LogP contribution < -0.4 is 5.19 Å². The number of rotatable bonds is 2. The van der Waals surface area contributed by atoms with Crippen molar-refractivity contribution in [1.29, 1.82) is 0 Å². The van der Waals surface area contributed by atoms with E-state index in [0.717, 1.165) is 17.3 Å². The van der Waals surface area contributed by atoms with Gasteiger partial charge in [-0.3, -0.25) is 0 Å². The summed E-state index contributed by atoms with van der Waals surface area (Å²) in [6.07, 6.45) is -5.55. The Balaban J connectivity index is 3.12. The fraction of sp³-hybridized carbons (Fsp3) is 0.455. The minimum absolute atomic E-state index is 0.847. The maximum Gasteiger partial charge on any atom is 0.458 e. The molecule has 0 radical (unpaired) electrons. The van der Waals surface area contributed by atoms with Crippen LogP contribution in [0.3, 0.4) is 0 Å². The molecule has 0 bridgehead atoms. The van der Waals surface area contributed by atoms with E-state index in [-0.39, 0.29) is 0 Å². The smallest absolute Gasteiger partial charge is 0.191 e. The van der Waals surface area contributed by atoms with Crippen LogP contribution in [-0.4, -0.2) is 14.3 Å². The van der Waals surface area contributed by atoms with Gasteiger partial charge in [-0.05, 0) is 0 Å². The highest BCUT2D eigenvalue weighted by molar-refractivity contribution is 6.88. The number of hydrogen-bond acceptors (Lipinski definition) is 0. The molecule has 0 fully saturated rings. The minimum Gasteiger partial charge on any atom is -0.191 e. The summed E-state index contributed by atoms with van der Waals surface area (Å²) in [4.78, 5) is 0. The molecule has 6 heteroatoms. The lowest BCUT2D eigenvalue weighted by Gasteiger charge is -2.22. The first-order valence-electron chi connectivity index (χ1n) is 5.02. The number of hydrogen-bond donors (Lipinski definition) is 0. The van der Waals surface area contributed by atoms with Crippen LogP contribution in [0.1, 0.15) is 5.56 Å². The highest BCUT2D eigenvalue weighted by Crippen LogP contribution is 2.43. The molecule has 0 aliphatic carbocycles. The average molecular weight is 268 g/mol. The highest BCUT2D eigenvalue weighted by Gasteiger charge is 2.58. The molecule has 96 valence electrons. The summed E-state index contributed by atoms with van der Waals surface area (Å²) in [5.41, 5.74) is -1.01. The van der Waals surface area contributed by atoms with Crippen LogP contribution in [0.5, 0.6) is 0 Å². The number of benzene rings is 1. The molecule has 0 saturated heterocycles. The lowest BCUT2D eigenvalue weighted by molar-refractivity contribution is -0.289. The Labute approximate surface area is 97.5 Å². The first-order valence-corrected chi connectivity index (χ1v) is 8.52. The Morgan fingerprint density at radius 3 is 1.53 bits per heavy atom. The summed E-state index contributed by atoms with van der Waals surface area (Å²) in [7, 11) is -1.69. The van der Waals surface area contributed by atoms with Gasteiger partial charge >= 0.3 is 12.1 Å². The van der Waals surface area contributed by atoms with E-state index in [1.807, 2.05) is 19.6 Å². The van der Waals surface area contributed by atoms with Crippen LogP contribution in [0, 0.1) is 0 Å². The van der Waals surface area contributed by atoms with Gasteiger partial charge in [-0.25, -0.2) is 0 Å². The fourth-order valence-electron chi connectivity index (χ4n) is 1.34. The Morgan fingerprint density at radius 1 is 0.824 bits per heavy atom. The van der Waals surface area contributed by atoms with Gasteiger partial charge in [0.2, 0.25) is 0 Å². The van der Waals surface area contributed by atoms with Crippen molar-refractivity contribution in [3.63, 3.8) is 0 Å². The molecule has 0 aliphatic heterocycles. The van der Waals surface area contributed by atoms with E-state index in [1.54, 1.807) is 0 Å². The molecular weight excluding hydrogens is 255 g/mol. The minimum atomic E-state index is -5.55. The van der Waals surface area contributed by atoms with E-state index < -0.39 is 25.7 Å². The lowest BCUT2D eigenvalue weighted by Crippen LogP contribution is -2.38. The normalized spacial score (nSPS) is 13.9. The third kappa shape index (κ3) is 2.85. The highest BCUT2D eigenvalue weighted by atomic mass is 28.3. The summed E-state index contributed by atoms with van der Waals surface area (Å²) in [6, 6.07) is 4.45. The third-order valence-corrected chi connectivity index (χ3v) is 4.53. The predicted octanol–water partition coefficient (Wildman–Crippen LogP) is 3.89. The molecule has 0 heterocycles. The maximum absolute atomic E-state index is 13.0. The van der Waals surface area contributed by atoms with Crippen molar-refractivity contribution in [3.05, 3.63) is 29.8 Å². The van der Waals surface area contributed by atoms with E-state index in [1.165, 1.54) is 12.1 Å². The summed E-state index contributed by atoms with van der Waals surface area (Å²) in [5, 5.41) is 0.847. The van der Waals surface area contributed by atoms with Crippen LogP contribution >= 0.6 is 0 Å². The Kier molecular flexibility index (Phi) is 3.40. The standard InChI is InChI=1S/C11H13F5Si/c1-17(2,3)9-6-4-8(5-7-9)10(12,13)11(14,15)16/h4-7H,1-3H3. The van der Waals surface area contributed by atoms with Gasteiger partial charge < -0.3 is 0 Å². The first kappa shape index (κ1) is 14.1. The lowest BCUT2D eigenvalue weighted by atomic mass is 10.1. The van der Waals surface area contributed by atoms with Gasteiger partial charge in [0.15, 0.2) is 0 Å². The number of halogens is 5. The van der Waals surface area contributed by atoms with Gasteiger partial charge in [-0.15, -0.1) is 0 Å². The SMILES string of the molecule is C[Si](C)(C)c1ccc(C(F)(F)C(F)(F)F)cc1. The van der Waals surface area contributed by atoms with Crippen LogP contribution in [0.25, 0.3) is 0 Å². The second-order valence-electron chi connectivity index (χ2n) is 4.90. The number of alkyl halides is 5. The molecule has 0 aliphatic rings. The van der Waals surface area contributed by atoms with Gasteiger partial charge in [-0.2, -0.15) is 22.0 Å². The largest absolute Gasteiger partial charge is 0.458 e. The van der Waals surface area contributed by atoms with Crippen LogP contribution in [0.15, 0.2) is 24.3 Å². The molecule has 0 nitrogen and oxygen atoms in total. The van der Waals surface area contributed by atoms with Crippen molar-refractivity contribution in [2.45, 2.75) is 31.7 Å². The van der Waals surface area contributed by atoms with Crippen molar-refractivity contribution < 1.29 is 22.0 Å². The average Bonchev–Trinajstić information content (AvgIpc) is 2.15. The van der Waals surface area contributed by atoms with Crippen molar-refractivity contribution in [3.8, 4) is 0 Å². The van der Waals surface area contributed by atoms with Gasteiger partial charge in [0.05, 0.1) is 8.07 Å². The molecule has 0 amide bonds. The van der Waals surface area contributed by atoms with Gasteiger partial charge in [0.1, 0.15) is 0 Å². The molecule has 0 aromatic heterocycles. The van der Waals surface area contributed by atoms with Crippen molar-refractivity contribution >= 4 is 13.3 Å². The first-order chi connectivity index (χ1) is 7.46. The van der Waals surface area contributed by atoms with E-state index in [2.05, 4.69) is 0 Å². The second kappa shape index (κ2) is 4.08. The predicted molar refractivity (Wildman–Crippen MR) is 59.4 cm³/mol. The molecule has 0 saturated carbocycles. The van der Waals surface area contributed by atoms with E-state index in [4.69, 9.17) is 0 Å². The molecule has 0 atom stereocenters. The second-order valence-corrected chi connectivity index (χ2v) is 9.98. The Hall–Kier alpha value is -0.913.